The highest BCUT2D eigenvalue weighted by molar-refractivity contribution is 5.86. The first-order chi connectivity index (χ1) is 10.2. The quantitative estimate of drug-likeness (QED) is 0.766. The molecule has 3 heterocycles. The molecule has 2 atom stereocenters. The van der Waals surface area contributed by atoms with Gasteiger partial charge in [-0.3, -0.25) is 4.90 Å². The van der Waals surface area contributed by atoms with Crippen LogP contribution in [0.4, 0.5) is 5.82 Å². The lowest BCUT2D eigenvalue weighted by Gasteiger charge is -2.47. The SMILES string of the molecule is COC(=O)c1cnc(N2CC3CCCCN3CC2C)cn1. The van der Waals surface area contributed by atoms with Crippen molar-refractivity contribution in [1.82, 2.24) is 14.9 Å². The summed E-state index contributed by atoms with van der Waals surface area (Å²) in [4.78, 5) is 24.9. The van der Waals surface area contributed by atoms with E-state index in [1.165, 1.54) is 39.1 Å². The molecule has 0 N–H and O–H groups in total. The zero-order valence-corrected chi connectivity index (χ0v) is 12.7. The largest absolute Gasteiger partial charge is 0.464 e. The summed E-state index contributed by atoms with van der Waals surface area (Å²) >= 11 is 0. The molecule has 6 nitrogen and oxygen atoms in total. The number of ether oxygens (including phenoxy) is 1. The van der Waals surface area contributed by atoms with Gasteiger partial charge >= 0.3 is 5.97 Å². The van der Waals surface area contributed by atoms with E-state index in [1.54, 1.807) is 6.20 Å². The van der Waals surface area contributed by atoms with Crippen molar-refractivity contribution in [2.24, 2.45) is 0 Å². The van der Waals surface area contributed by atoms with Gasteiger partial charge in [0, 0.05) is 25.2 Å². The Balaban J connectivity index is 1.75. The Kier molecular flexibility index (Phi) is 4.05. The molecule has 0 aliphatic carbocycles. The van der Waals surface area contributed by atoms with Crippen molar-refractivity contribution < 1.29 is 9.53 Å². The molecule has 114 valence electrons. The van der Waals surface area contributed by atoms with E-state index in [1.807, 2.05) is 0 Å². The summed E-state index contributed by atoms with van der Waals surface area (Å²) < 4.78 is 4.65. The number of fused-ring (bicyclic) bond motifs is 1. The highest BCUT2D eigenvalue weighted by Gasteiger charge is 2.33. The third kappa shape index (κ3) is 2.85. The Labute approximate surface area is 125 Å². The van der Waals surface area contributed by atoms with Gasteiger partial charge in [-0.1, -0.05) is 6.42 Å². The van der Waals surface area contributed by atoms with Crippen molar-refractivity contribution in [1.29, 1.82) is 0 Å². The first-order valence-corrected chi connectivity index (χ1v) is 7.60. The summed E-state index contributed by atoms with van der Waals surface area (Å²) in [6.45, 7) is 5.51. The maximum absolute atomic E-state index is 11.4. The van der Waals surface area contributed by atoms with Crippen molar-refractivity contribution in [3.8, 4) is 0 Å². The fourth-order valence-corrected chi connectivity index (χ4v) is 3.35. The predicted octanol–water partition coefficient (Wildman–Crippen LogP) is 1.33. The number of piperidine rings is 1. The van der Waals surface area contributed by atoms with E-state index in [9.17, 15) is 4.79 Å². The Morgan fingerprint density at radius 1 is 1.29 bits per heavy atom. The molecule has 3 rings (SSSR count). The third-order valence-electron chi connectivity index (χ3n) is 4.51. The van der Waals surface area contributed by atoms with Crippen LogP contribution in [0.2, 0.25) is 0 Å². The molecule has 2 aliphatic rings. The minimum absolute atomic E-state index is 0.255. The molecule has 2 fully saturated rings. The fraction of sp³-hybridized carbons (Fsp3) is 0.667. The molecule has 2 unspecified atom stereocenters. The van der Waals surface area contributed by atoms with Crippen molar-refractivity contribution in [3.63, 3.8) is 0 Å². The number of aromatic nitrogens is 2. The van der Waals surface area contributed by atoms with Gasteiger partial charge in [-0.05, 0) is 26.3 Å². The second kappa shape index (κ2) is 5.97. The van der Waals surface area contributed by atoms with Crippen LogP contribution in [0.3, 0.4) is 0 Å². The zero-order chi connectivity index (χ0) is 14.8. The Bertz CT molecular complexity index is 505. The van der Waals surface area contributed by atoms with Crippen molar-refractivity contribution in [2.75, 3.05) is 31.6 Å². The predicted molar refractivity (Wildman–Crippen MR) is 79.4 cm³/mol. The van der Waals surface area contributed by atoms with Crippen LogP contribution in [0.15, 0.2) is 12.4 Å². The Hall–Kier alpha value is -1.69. The van der Waals surface area contributed by atoms with Gasteiger partial charge in [0.2, 0.25) is 0 Å². The molecule has 2 aliphatic heterocycles. The van der Waals surface area contributed by atoms with Crippen molar-refractivity contribution >= 4 is 11.8 Å². The van der Waals surface area contributed by atoms with Gasteiger partial charge in [-0.25, -0.2) is 14.8 Å². The number of carbonyl (C=O) groups excluding carboxylic acids is 1. The molecular weight excluding hydrogens is 268 g/mol. The van der Waals surface area contributed by atoms with E-state index in [0.717, 1.165) is 18.9 Å². The number of carbonyl (C=O) groups is 1. The van der Waals surface area contributed by atoms with Crippen LogP contribution in [-0.4, -0.2) is 59.7 Å². The zero-order valence-electron chi connectivity index (χ0n) is 12.7. The van der Waals surface area contributed by atoms with Gasteiger partial charge in [0.15, 0.2) is 5.69 Å². The van der Waals surface area contributed by atoms with Gasteiger partial charge in [-0.2, -0.15) is 0 Å². The molecule has 6 heteroatoms. The van der Waals surface area contributed by atoms with Crippen LogP contribution < -0.4 is 4.90 Å². The molecule has 1 aromatic rings. The van der Waals surface area contributed by atoms with Crippen LogP contribution in [0.1, 0.15) is 36.7 Å². The second-order valence-corrected chi connectivity index (χ2v) is 5.90. The van der Waals surface area contributed by atoms with Crippen LogP contribution in [0.25, 0.3) is 0 Å². The van der Waals surface area contributed by atoms with E-state index < -0.39 is 5.97 Å². The number of esters is 1. The molecule has 0 bridgehead atoms. The number of piperazine rings is 1. The number of rotatable bonds is 2. The topological polar surface area (TPSA) is 58.6 Å². The number of anilines is 1. The normalized spacial score (nSPS) is 26.3. The fourth-order valence-electron chi connectivity index (χ4n) is 3.35. The number of nitrogens with zero attached hydrogens (tertiary/aromatic N) is 4. The van der Waals surface area contributed by atoms with Crippen molar-refractivity contribution in [2.45, 2.75) is 38.3 Å². The van der Waals surface area contributed by atoms with E-state index in [-0.39, 0.29) is 5.69 Å². The lowest BCUT2D eigenvalue weighted by atomic mass is 9.97. The minimum Gasteiger partial charge on any atom is -0.464 e. The van der Waals surface area contributed by atoms with Crippen LogP contribution in [0, 0.1) is 0 Å². The summed E-state index contributed by atoms with van der Waals surface area (Å²) in [7, 11) is 1.35. The second-order valence-electron chi connectivity index (χ2n) is 5.90. The van der Waals surface area contributed by atoms with Crippen molar-refractivity contribution in [3.05, 3.63) is 18.1 Å². The van der Waals surface area contributed by atoms with Crippen LogP contribution >= 0.6 is 0 Å². The van der Waals surface area contributed by atoms with E-state index >= 15 is 0 Å². The summed E-state index contributed by atoms with van der Waals surface area (Å²) in [6, 6.07) is 1.04. The minimum atomic E-state index is -0.445. The molecular formula is C15H22N4O2. The number of hydrogen-bond acceptors (Lipinski definition) is 6. The molecule has 0 radical (unpaired) electrons. The molecule has 0 spiro atoms. The summed E-state index contributed by atoms with van der Waals surface area (Å²) in [5.41, 5.74) is 0.255. The van der Waals surface area contributed by atoms with E-state index in [0.29, 0.717) is 12.1 Å². The number of methoxy groups -OCH3 is 1. The smallest absolute Gasteiger partial charge is 0.358 e. The highest BCUT2D eigenvalue weighted by Crippen LogP contribution is 2.26. The van der Waals surface area contributed by atoms with E-state index in [4.69, 9.17) is 0 Å². The molecule has 1 aromatic heterocycles. The summed E-state index contributed by atoms with van der Waals surface area (Å²) in [5, 5.41) is 0. The highest BCUT2D eigenvalue weighted by atomic mass is 16.5. The summed E-state index contributed by atoms with van der Waals surface area (Å²) in [5.74, 6) is 0.402. The molecule has 21 heavy (non-hydrogen) atoms. The summed E-state index contributed by atoms with van der Waals surface area (Å²) in [6.07, 6.45) is 7.08. The van der Waals surface area contributed by atoms with Gasteiger partial charge in [0.25, 0.3) is 0 Å². The monoisotopic (exact) mass is 290 g/mol. The molecule has 0 saturated carbocycles. The van der Waals surface area contributed by atoms with Crippen LogP contribution in [0.5, 0.6) is 0 Å². The van der Waals surface area contributed by atoms with Gasteiger partial charge in [0.1, 0.15) is 5.82 Å². The number of hydrogen-bond donors (Lipinski definition) is 0. The molecule has 0 amide bonds. The Morgan fingerprint density at radius 3 is 2.86 bits per heavy atom. The Morgan fingerprint density at radius 2 is 2.14 bits per heavy atom. The lowest BCUT2D eigenvalue weighted by molar-refractivity contribution is 0.0593. The first kappa shape index (κ1) is 14.3. The first-order valence-electron chi connectivity index (χ1n) is 7.60. The standard InChI is InChI=1S/C15H22N4O2/c1-11-9-18-6-4-3-5-12(18)10-19(11)14-8-16-13(7-17-14)15(20)21-2/h7-8,11-12H,3-6,9-10H2,1-2H3. The van der Waals surface area contributed by atoms with Gasteiger partial charge < -0.3 is 9.64 Å². The van der Waals surface area contributed by atoms with Gasteiger partial charge in [-0.15, -0.1) is 0 Å². The molecule has 2 saturated heterocycles. The van der Waals surface area contributed by atoms with Crippen LogP contribution in [-0.2, 0) is 4.74 Å². The lowest BCUT2D eigenvalue weighted by Crippen LogP contribution is -2.59. The van der Waals surface area contributed by atoms with E-state index in [2.05, 4.69) is 31.4 Å². The van der Waals surface area contributed by atoms with Gasteiger partial charge in [0.05, 0.1) is 19.5 Å². The molecule has 0 aromatic carbocycles. The average Bonchev–Trinajstić information content (AvgIpc) is 2.53. The third-order valence-corrected chi connectivity index (χ3v) is 4.51. The maximum Gasteiger partial charge on any atom is 0.358 e. The maximum atomic E-state index is 11.4. The average molecular weight is 290 g/mol.